The van der Waals surface area contributed by atoms with E-state index in [1.54, 1.807) is 39.5 Å². The molecule has 0 unspecified atom stereocenters. The minimum Gasteiger partial charge on any atom is -0.453 e. The SMILES string of the molecule is COC(=O)N[C@H](C(=O)N1CCC[C@H]1c1ncc(-c2ccc(-c3ccc(-c4cnc([C@@H]5CN(C(=O)OC)CN5C(=O)[C@@H](NC(=O)OC)C(C)C)[nH]4)cc3)cc2)[nH]1)C(C)C.COC(=O)N[C@H](C(=O)N1CCC[C@H]1c1ncc(-c2ccc(-c3ccc(-c4cnc([C@@H]5CNCN5C(=O)[C@@H](NC(=O)OC)C(C)C)[nH]4)cc3)cc2)[nH]1)C(C)C. The van der Waals surface area contributed by atoms with Crippen molar-refractivity contribution in [2.24, 2.45) is 23.7 Å². The molecule has 0 bridgehead atoms. The molecule has 0 aliphatic carbocycles. The van der Waals surface area contributed by atoms with E-state index in [-0.39, 0.29) is 78.6 Å². The van der Waals surface area contributed by atoms with E-state index in [1.807, 2.05) is 128 Å². The molecule has 32 heteroatoms. The monoisotopic (exact) mass is 1540 g/mol. The molecular weight excluding hydrogens is 1440 g/mol. The molecule has 32 nitrogen and oxygen atoms in total. The van der Waals surface area contributed by atoms with E-state index >= 15 is 0 Å². The van der Waals surface area contributed by atoms with Gasteiger partial charge in [0.05, 0.1) is 115 Å². The fraction of sp³-hybridized carbons (Fsp3) is 0.438. The van der Waals surface area contributed by atoms with Gasteiger partial charge in [0.2, 0.25) is 23.6 Å². The number of alkyl carbamates (subject to hydrolysis) is 4. The number of methoxy groups -OCH3 is 5. The molecule has 8 atom stereocenters. The summed E-state index contributed by atoms with van der Waals surface area (Å²) < 4.78 is 23.9. The van der Waals surface area contributed by atoms with Crippen LogP contribution in [0.15, 0.2) is 122 Å². The highest BCUT2D eigenvalue weighted by molar-refractivity contribution is 5.89. The van der Waals surface area contributed by atoms with Gasteiger partial charge in [-0.05, 0) is 93.9 Å². The van der Waals surface area contributed by atoms with Crippen LogP contribution in [0.1, 0.15) is 129 Å². The summed E-state index contributed by atoms with van der Waals surface area (Å²) in [6.45, 7) is 17.1. The predicted molar refractivity (Wildman–Crippen MR) is 414 cm³/mol. The number of likely N-dealkylation sites (tertiary alicyclic amines) is 2. The summed E-state index contributed by atoms with van der Waals surface area (Å²) in [7, 11) is 6.36. The lowest BCUT2D eigenvalue weighted by Crippen LogP contribution is -2.51. The van der Waals surface area contributed by atoms with Crippen LogP contribution < -0.4 is 26.6 Å². The third-order valence-electron chi connectivity index (χ3n) is 20.8. The number of carbonyl (C=O) groups excluding carboxylic acids is 9. The number of rotatable bonds is 22. The van der Waals surface area contributed by atoms with Crippen molar-refractivity contribution in [3.63, 3.8) is 0 Å². The maximum absolute atomic E-state index is 13.8. The lowest BCUT2D eigenvalue weighted by Gasteiger charge is -2.30. The average Bonchev–Trinajstić information content (AvgIpc) is 1.63. The van der Waals surface area contributed by atoms with E-state index in [4.69, 9.17) is 23.7 Å². The van der Waals surface area contributed by atoms with Gasteiger partial charge < -0.3 is 84.5 Å². The van der Waals surface area contributed by atoms with Crippen molar-refractivity contribution in [2.45, 2.75) is 129 Å². The number of ether oxygens (including phenoxy) is 5. The number of H-pyrrole nitrogens is 4. The lowest BCUT2D eigenvalue weighted by atomic mass is 10.0. The molecule has 112 heavy (non-hydrogen) atoms. The Balaban J connectivity index is 0.000000222. The van der Waals surface area contributed by atoms with Crippen LogP contribution in [0.4, 0.5) is 24.0 Å². The van der Waals surface area contributed by atoms with Crippen molar-refractivity contribution in [2.75, 3.05) is 75.1 Å². The van der Waals surface area contributed by atoms with E-state index in [0.717, 1.165) is 98.8 Å². The Morgan fingerprint density at radius 1 is 0.366 bits per heavy atom. The number of hydrogen-bond acceptors (Lipinski definition) is 19. The maximum Gasteiger partial charge on any atom is 0.410 e. The Morgan fingerprint density at radius 2 is 0.643 bits per heavy atom. The second-order valence-corrected chi connectivity index (χ2v) is 29.4. The number of hydrogen-bond donors (Lipinski definition) is 9. The van der Waals surface area contributed by atoms with Crippen LogP contribution in [-0.4, -0.2) is 218 Å². The summed E-state index contributed by atoms with van der Waals surface area (Å²) in [6, 6.07) is 28.1. The van der Waals surface area contributed by atoms with Gasteiger partial charge in [0.1, 0.15) is 59.5 Å². The smallest absolute Gasteiger partial charge is 0.410 e. The molecule has 9 amide bonds. The zero-order chi connectivity index (χ0) is 80.2. The van der Waals surface area contributed by atoms with Gasteiger partial charge in [0.15, 0.2) is 0 Å². The first kappa shape index (κ1) is 80.9. The first-order valence-electron chi connectivity index (χ1n) is 37.6. The molecular formula is C80H100N18O14. The highest BCUT2D eigenvalue weighted by Crippen LogP contribution is 2.38. The Kier molecular flexibility index (Phi) is 26.1. The molecule has 9 N–H and O–H groups in total. The molecule has 594 valence electrons. The summed E-state index contributed by atoms with van der Waals surface area (Å²) in [5.74, 6) is 1.07. The van der Waals surface area contributed by atoms with Crippen molar-refractivity contribution < 1.29 is 66.8 Å². The number of amides is 9. The summed E-state index contributed by atoms with van der Waals surface area (Å²) in [5, 5.41) is 13.9. The van der Waals surface area contributed by atoms with Gasteiger partial charge in [-0.1, -0.05) is 152 Å². The Morgan fingerprint density at radius 3 is 0.938 bits per heavy atom. The highest BCUT2D eigenvalue weighted by Gasteiger charge is 2.44. The van der Waals surface area contributed by atoms with Gasteiger partial charge in [-0.25, -0.2) is 43.9 Å². The van der Waals surface area contributed by atoms with Crippen LogP contribution >= 0.6 is 0 Å². The first-order chi connectivity index (χ1) is 53.8. The van der Waals surface area contributed by atoms with Gasteiger partial charge in [-0.3, -0.25) is 29.4 Å². The number of benzene rings is 4. The van der Waals surface area contributed by atoms with Crippen LogP contribution in [0.5, 0.6) is 0 Å². The van der Waals surface area contributed by atoms with Gasteiger partial charge in [0.25, 0.3) is 0 Å². The standard InChI is InChI=1S/C41H51N9O8.C39H49N9O6/c1-23(2)33(46-39(53)56-5)37(51)49-18-8-9-31(49)35-42-19-29(44-35)27-14-10-25(11-15-27)26-12-16-28(17-13-26)30-20-43-36(45-30)32-21-48(41(55)58-7)22-50(32)38(52)34(24(3)4)47-40(54)57-6;1-22(2)32(45-38(51)53-5)36(49)47-17-7-8-30(47)34-41-18-28(43-34)26-13-9-24(10-14-26)25-11-15-27(16-12-25)29-19-42-35(44-29)31-20-40-21-48(31)37(50)33(23(3)4)46-39(52)54-6/h10-17,19-20,23-24,31-34H,8-9,18,21-22H2,1-7H3,(H,42,44)(H,43,45)(H,46,53)(H,47,54);9-16,18-19,22-23,30-33,40H,7-8,17,20-21H2,1-6H3,(H,41,43)(H,42,44)(H,45,51)(H,46,52)/t31-,32-,33-,34-;30-,31-,32-,33-/m00/s1. The number of imidazole rings is 4. The fourth-order valence-electron chi connectivity index (χ4n) is 14.5. The van der Waals surface area contributed by atoms with Gasteiger partial charge in [-0.15, -0.1) is 0 Å². The Hall–Kier alpha value is -12.1. The van der Waals surface area contributed by atoms with Gasteiger partial charge in [-0.2, -0.15) is 0 Å². The molecule has 4 fully saturated rings. The van der Waals surface area contributed by atoms with E-state index in [2.05, 4.69) is 90.7 Å². The van der Waals surface area contributed by atoms with E-state index < -0.39 is 60.7 Å². The lowest BCUT2D eigenvalue weighted by molar-refractivity contribution is -0.136. The second kappa shape index (κ2) is 36.2. The van der Waals surface area contributed by atoms with Crippen molar-refractivity contribution in [3.8, 4) is 67.3 Å². The van der Waals surface area contributed by atoms with Crippen molar-refractivity contribution in [3.05, 3.63) is 145 Å². The van der Waals surface area contributed by atoms with Crippen molar-refractivity contribution in [1.29, 1.82) is 0 Å². The third-order valence-corrected chi connectivity index (χ3v) is 20.8. The van der Waals surface area contributed by atoms with Crippen LogP contribution in [-0.2, 0) is 42.9 Å². The number of carbonyl (C=O) groups is 9. The zero-order valence-electron chi connectivity index (χ0n) is 65.3. The minimum absolute atomic E-state index is 0.0378. The zero-order valence-corrected chi connectivity index (χ0v) is 65.3. The minimum atomic E-state index is -0.887. The molecule has 4 saturated heterocycles. The topological polar surface area (TPSA) is 391 Å². The van der Waals surface area contributed by atoms with E-state index in [1.165, 1.54) is 45.3 Å². The molecule has 12 rings (SSSR count). The van der Waals surface area contributed by atoms with E-state index in [0.29, 0.717) is 43.8 Å². The van der Waals surface area contributed by atoms with Gasteiger partial charge >= 0.3 is 30.5 Å². The Labute approximate surface area is 649 Å². The van der Waals surface area contributed by atoms with Gasteiger partial charge in [0, 0.05) is 19.6 Å². The number of nitrogens with zero attached hydrogens (tertiary/aromatic N) is 9. The number of aromatic nitrogens is 8. The Bertz CT molecular complexity index is 4470. The van der Waals surface area contributed by atoms with Crippen LogP contribution in [0.3, 0.4) is 0 Å². The molecule has 4 aliphatic rings. The number of nitrogens with one attached hydrogen (secondary N) is 9. The maximum atomic E-state index is 13.8. The fourth-order valence-corrected chi connectivity index (χ4v) is 14.5. The molecule has 4 aromatic heterocycles. The van der Waals surface area contributed by atoms with E-state index in [9.17, 15) is 43.2 Å². The first-order valence-corrected chi connectivity index (χ1v) is 37.6. The molecule has 8 heterocycles. The summed E-state index contributed by atoms with van der Waals surface area (Å²) in [5.41, 5.74) is 11.1. The van der Waals surface area contributed by atoms with Crippen LogP contribution in [0.25, 0.3) is 67.3 Å². The average molecular weight is 1540 g/mol. The third kappa shape index (κ3) is 18.3. The molecule has 4 aliphatic heterocycles. The molecule has 4 aromatic carbocycles. The molecule has 0 saturated carbocycles. The van der Waals surface area contributed by atoms with Crippen molar-refractivity contribution in [1.82, 2.24) is 91.0 Å². The second-order valence-electron chi connectivity index (χ2n) is 29.4. The molecule has 0 spiro atoms. The highest BCUT2D eigenvalue weighted by atomic mass is 16.6. The van der Waals surface area contributed by atoms with Crippen LogP contribution in [0.2, 0.25) is 0 Å². The number of aromatic amines is 4. The largest absolute Gasteiger partial charge is 0.453 e. The normalized spacial score (nSPS) is 17.9. The summed E-state index contributed by atoms with van der Waals surface area (Å²) >= 11 is 0. The quantitative estimate of drug-likeness (QED) is 0.0285. The predicted octanol–water partition coefficient (Wildman–Crippen LogP) is 10.5. The molecule has 0 radical (unpaired) electrons. The summed E-state index contributed by atoms with van der Waals surface area (Å²) in [4.78, 5) is 155. The summed E-state index contributed by atoms with van der Waals surface area (Å²) in [6.07, 6.45) is 7.04. The van der Waals surface area contributed by atoms with Crippen molar-refractivity contribution >= 4 is 54.1 Å². The van der Waals surface area contributed by atoms with Crippen LogP contribution in [0, 0.1) is 23.7 Å². The molecule has 8 aromatic rings.